The molecule has 19 heavy (non-hydrogen) atoms. The SMILES string of the molecule is NCc1cc(=O)n2nc(-c3ccccc3Cl)sc2n1. The molecule has 0 unspecified atom stereocenters. The van der Waals surface area contributed by atoms with Crippen LogP contribution in [-0.2, 0) is 6.54 Å². The zero-order valence-electron chi connectivity index (χ0n) is 9.71. The van der Waals surface area contributed by atoms with Crippen LogP contribution in [0.15, 0.2) is 35.1 Å². The highest BCUT2D eigenvalue weighted by molar-refractivity contribution is 7.19. The molecule has 0 atom stereocenters. The van der Waals surface area contributed by atoms with Crippen molar-refractivity contribution in [3.05, 3.63) is 51.4 Å². The maximum Gasteiger partial charge on any atom is 0.275 e. The van der Waals surface area contributed by atoms with Crippen LogP contribution in [0.4, 0.5) is 0 Å². The van der Waals surface area contributed by atoms with Gasteiger partial charge in [0.2, 0.25) is 4.96 Å². The summed E-state index contributed by atoms with van der Waals surface area (Å²) in [4.78, 5) is 16.7. The van der Waals surface area contributed by atoms with Crippen LogP contribution in [0.25, 0.3) is 15.5 Å². The van der Waals surface area contributed by atoms with Gasteiger partial charge in [0.05, 0.1) is 10.7 Å². The van der Waals surface area contributed by atoms with E-state index in [4.69, 9.17) is 17.3 Å². The van der Waals surface area contributed by atoms with E-state index in [1.807, 2.05) is 18.2 Å². The molecule has 0 saturated heterocycles. The van der Waals surface area contributed by atoms with Crippen LogP contribution in [0.5, 0.6) is 0 Å². The normalized spacial score (nSPS) is 11.1. The largest absolute Gasteiger partial charge is 0.325 e. The zero-order valence-corrected chi connectivity index (χ0v) is 11.3. The Kier molecular flexibility index (Phi) is 3.06. The standard InChI is InChI=1S/C12H9ClN4OS/c13-9-4-2-1-3-8(9)11-16-17-10(18)5-7(6-14)15-12(17)19-11/h1-5H,6,14H2. The van der Waals surface area contributed by atoms with Crippen LogP contribution in [0.3, 0.4) is 0 Å². The van der Waals surface area contributed by atoms with Crippen molar-refractivity contribution >= 4 is 27.9 Å². The molecule has 0 aliphatic carbocycles. The number of rotatable bonds is 2. The average Bonchev–Trinajstić information content (AvgIpc) is 2.83. The van der Waals surface area contributed by atoms with Crippen LogP contribution in [0.1, 0.15) is 5.69 Å². The fourth-order valence-electron chi connectivity index (χ4n) is 1.70. The zero-order chi connectivity index (χ0) is 13.4. The van der Waals surface area contributed by atoms with E-state index in [0.717, 1.165) is 5.56 Å². The number of halogens is 1. The Hall–Kier alpha value is -1.76. The Balaban J connectivity index is 2.25. The highest BCUT2D eigenvalue weighted by Crippen LogP contribution is 2.30. The third-order valence-electron chi connectivity index (χ3n) is 2.61. The minimum Gasteiger partial charge on any atom is -0.325 e. The van der Waals surface area contributed by atoms with Crippen molar-refractivity contribution < 1.29 is 0 Å². The topological polar surface area (TPSA) is 73.3 Å². The van der Waals surface area contributed by atoms with Gasteiger partial charge in [-0.3, -0.25) is 4.79 Å². The lowest BCUT2D eigenvalue weighted by atomic mass is 10.2. The fraction of sp³-hybridized carbons (Fsp3) is 0.0833. The van der Waals surface area contributed by atoms with E-state index in [1.165, 1.54) is 21.9 Å². The van der Waals surface area contributed by atoms with E-state index in [0.29, 0.717) is 20.7 Å². The van der Waals surface area contributed by atoms with Gasteiger partial charge >= 0.3 is 0 Å². The molecule has 2 aromatic heterocycles. The number of hydrogen-bond acceptors (Lipinski definition) is 5. The third-order valence-corrected chi connectivity index (χ3v) is 3.88. The summed E-state index contributed by atoms with van der Waals surface area (Å²) < 4.78 is 1.27. The Bertz CT molecular complexity index is 811. The second-order valence-electron chi connectivity index (χ2n) is 3.87. The van der Waals surface area contributed by atoms with Gasteiger partial charge in [0.15, 0.2) is 0 Å². The maximum absolute atomic E-state index is 11.9. The first kappa shape index (κ1) is 12.3. The van der Waals surface area contributed by atoms with E-state index in [9.17, 15) is 4.79 Å². The van der Waals surface area contributed by atoms with Crippen molar-refractivity contribution in [2.75, 3.05) is 0 Å². The predicted molar refractivity (Wildman–Crippen MR) is 75.5 cm³/mol. The van der Waals surface area contributed by atoms with E-state index in [2.05, 4.69) is 10.1 Å². The minimum atomic E-state index is -0.236. The summed E-state index contributed by atoms with van der Waals surface area (Å²) in [6.07, 6.45) is 0. The van der Waals surface area contributed by atoms with E-state index >= 15 is 0 Å². The van der Waals surface area contributed by atoms with Gasteiger partial charge < -0.3 is 5.73 Å². The number of fused-ring (bicyclic) bond motifs is 1. The molecule has 0 bridgehead atoms. The van der Waals surface area contributed by atoms with Crippen LogP contribution < -0.4 is 11.3 Å². The molecule has 0 aliphatic rings. The van der Waals surface area contributed by atoms with E-state index < -0.39 is 0 Å². The van der Waals surface area contributed by atoms with Gasteiger partial charge in [0, 0.05) is 18.2 Å². The monoisotopic (exact) mass is 292 g/mol. The lowest BCUT2D eigenvalue weighted by molar-refractivity contribution is 0.873. The third kappa shape index (κ3) is 2.14. The Morgan fingerprint density at radius 3 is 2.89 bits per heavy atom. The van der Waals surface area contributed by atoms with Crippen LogP contribution >= 0.6 is 22.9 Å². The van der Waals surface area contributed by atoms with Crippen molar-refractivity contribution in [3.63, 3.8) is 0 Å². The number of hydrogen-bond donors (Lipinski definition) is 1. The lowest BCUT2D eigenvalue weighted by Gasteiger charge is -1.96. The molecule has 96 valence electrons. The molecule has 0 spiro atoms. The molecular weight excluding hydrogens is 284 g/mol. The molecule has 3 rings (SSSR count). The molecule has 0 radical (unpaired) electrons. The number of aromatic nitrogens is 3. The summed E-state index contributed by atoms with van der Waals surface area (Å²) in [6, 6.07) is 8.74. The molecular formula is C12H9ClN4OS. The predicted octanol–water partition coefficient (Wildman–Crippen LogP) is 1.93. The van der Waals surface area contributed by atoms with Crippen molar-refractivity contribution in [1.82, 2.24) is 14.6 Å². The van der Waals surface area contributed by atoms with Gasteiger partial charge in [-0.25, -0.2) is 4.98 Å². The average molecular weight is 293 g/mol. The number of nitrogens with two attached hydrogens (primary N) is 1. The first-order chi connectivity index (χ1) is 9.19. The quantitative estimate of drug-likeness (QED) is 0.783. The highest BCUT2D eigenvalue weighted by Gasteiger charge is 2.12. The van der Waals surface area contributed by atoms with Gasteiger partial charge in [-0.2, -0.15) is 9.61 Å². The molecule has 0 fully saturated rings. The molecule has 5 nitrogen and oxygen atoms in total. The molecule has 1 aromatic carbocycles. The molecule has 2 N–H and O–H groups in total. The van der Waals surface area contributed by atoms with Crippen molar-refractivity contribution in [3.8, 4) is 10.6 Å². The minimum absolute atomic E-state index is 0.227. The van der Waals surface area contributed by atoms with Gasteiger partial charge in [0.25, 0.3) is 5.56 Å². The lowest BCUT2D eigenvalue weighted by Crippen LogP contribution is -2.16. The van der Waals surface area contributed by atoms with Gasteiger partial charge in [0.1, 0.15) is 5.01 Å². The fourth-order valence-corrected chi connectivity index (χ4v) is 2.95. The van der Waals surface area contributed by atoms with Crippen molar-refractivity contribution in [2.45, 2.75) is 6.54 Å². The summed E-state index contributed by atoms with van der Waals surface area (Å²) in [7, 11) is 0. The van der Waals surface area contributed by atoms with E-state index in [1.54, 1.807) is 6.07 Å². The summed E-state index contributed by atoms with van der Waals surface area (Å²) in [5, 5.41) is 5.50. The summed E-state index contributed by atoms with van der Waals surface area (Å²) in [5.74, 6) is 0. The molecule has 0 amide bonds. The maximum atomic E-state index is 11.9. The molecule has 2 heterocycles. The highest BCUT2D eigenvalue weighted by atomic mass is 35.5. The van der Waals surface area contributed by atoms with Crippen LogP contribution in [0, 0.1) is 0 Å². The van der Waals surface area contributed by atoms with Crippen LogP contribution in [-0.4, -0.2) is 14.6 Å². The van der Waals surface area contributed by atoms with E-state index in [-0.39, 0.29) is 12.1 Å². The summed E-state index contributed by atoms with van der Waals surface area (Å²) in [5.41, 5.74) is 6.61. The van der Waals surface area contributed by atoms with Gasteiger partial charge in [-0.15, -0.1) is 0 Å². The smallest absolute Gasteiger partial charge is 0.275 e. The Morgan fingerprint density at radius 1 is 1.37 bits per heavy atom. The Morgan fingerprint density at radius 2 is 2.16 bits per heavy atom. The van der Waals surface area contributed by atoms with Gasteiger partial charge in [-0.05, 0) is 6.07 Å². The summed E-state index contributed by atoms with van der Waals surface area (Å²) >= 11 is 7.43. The van der Waals surface area contributed by atoms with Crippen LogP contribution in [0.2, 0.25) is 5.02 Å². The molecule has 0 aliphatic heterocycles. The number of benzene rings is 1. The first-order valence-electron chi connectivity index (χ1n) is 5.54. The van der Waals surface area contributed by atoms with Gasteiger partial charge in [-0.1, -0.05) is 41.1 Å². The van der Waals surface area contributed by atoms with Crippen molar-refractivity contribution in [1.29, 1.82) is 0 Å². The number of nitrogens with zero attached hydrogens (tertiary/aromatic N) is 3. The molecule has 3 aromatic rings. The Labute approximate surface area is 117 Å². The van der Waals surface area contributed by atoms with Crippen molar-refractivity contribution in [2.24, 2.45) is 5.73 Å². The second-order valence-corrected chi connectivity index (χ2v) is 5.23. The second kappa shape index (κ2) is 4.73. The molecule has 7 heteroatoms. The summed E-state index contributed by atoms with van der Waals surface area (Å²) in [6.45, 7) is 0.227. The first-order valence-corrected chi connectivity index (χ1v) is 6.73. The molecule has 0 saturated carbocycles.